The van der Waals surface area contributed by atoms with Crippen molar-refractivity contribution < 1.29 is 27.2 Å². The quantitative estimate of drug-likeness (QED) is 0.474. The Morgan fingerprint density at radius 3 is 2.73 bits per heavy atom. The number of esters is 1. The molecule has 0 aliphatic heterocycles. The van der Waals surface area contributed by atoms with Crippen molar-refractivity contribution in [3.8, 4) is 11.5 Å². The van der Waals surface area contributed by atoms with Gasteiger partial charge in [0.2, 0.25) is 21.6 Å². The van der Waals surface area contributed by atoms with E-state index in [0.29, 0.717) is 27.6 Å². The van der Waals surface area contributed by atoms with Crippen molar-refractivity contribution in [2.24, 2.45) is 0 Å². The smallest absolute Gasteiger partial charge is 0.341 e. The molecule has 0 unspecified atom stereocenters. The molecule has 33 heavy (non-hydrogen) atoms. The molecule has 0 fully saturated rings. The first-order valence-electron chi connectivity index (χ1n) is 10.2. The van der Waals surface area contributed by atoms with E-state index < -0.39 is 32.7 Å². The van der Waals surface area contributed by atoms with Gasteiger partial charge in [0, 0.05) is 4.88 Å². The topological polar surface area (TPSA) is 128 Å². The number of hydrogen-bond acceptors (Lipinski definition) is 9. The van der Waals surface area contributed by atoms with Crippen LogP contribution in [0.2, 0.25) is 5.02 Å². The lowest BCUT2D eigenvalue weighted by Crippen LogP contribution is -2.24. The normalized spacial score (nSPS) is 13.4. The van der Waals surface area contributed by atoms with Gasteiger partial charge in [0.1, 0.15) is 10.8 Å². The van der Waals surface area contributed by atoms with Crippen molar-refractivity contribution in [1.82, 2.24) is 10.2 Å². The number of rotatable bonds is 7. The van der Waals surface area contributed by atoms with Crippen LogP contribution >= 0.6 is 22.9 Å². The fourth-order valence-electron chi connectivity index (χ4n) is 3.55. The van der Waals surface area contributed by atoms with Gasteiger partial charge in [-0.2, -0.15) is 0 Å². The molecule has 12 heteroatoms. The van der Waals surface area contributed by atoms with E-state index in [2.05, 4.69) is 15.5 Å². The average molecular weight is 510 g/mol. The lowest BCUT2D eigenvalue weighted by Gasteiger charge is -2.12. The third-order valence-corrected chi connectivity index (χ3v) is 7.88. The number of aryl methyl sites for hydroxylation is 1. The molecule has 2 heterocycles. The van der Waals surface area contributed by atoms with E-state index >= 15 is 0 Å². The molecule has 0 saturated carbocycles. The second kappa shape index (κ2) is 9.62. The Bertz CT molecular complexity index is 1320. The lowest BCUT2D eigenvalue weighted by atomic mass is 9.95. The number of hydrogen-bond donors (Lipinski definition) is 1. The van der Waals surface area contributed by atoms with Crippen molar-refractivity contribution >= 4 is 49.7 Å². The van der Waals surface area contributed by atoms with E-state index in [4.69, 9.17) is 20.8 Å². The SMILES string of the molecule is CCOC(=O)c1c(NC(=O)CS(=O)(=O)c2nnc(-c3ccccc3Cl)o2)sc2c1CCCC2. The Hall–Kier alpha value is -2.76. The number of carbonyl (C=O) groups excluding carboxylic acids is 2. The average Bonchev–Trinajstić information content (AvgIpc) is 3.39. The van der Waals surface area contributed by atoms with Crippen molar-refractivity contribution in [3.63, 3.8) is 0 Å². The second-order valence-electron chi connectivity index (χ2n) is 7.30. The second-order valence-corrected chi connectivity index (χ2v) is 10.7. The molecule has 0 saturated heterocycles. The number of benzene rings is 1. The number of halogens is 1. The van der Waals surface area contributed by atoms with Gasteiger partial charge in [-0.25, -0.2) is 13.2 Å². The van der Waals surface area contributed by atoms with E-state index in [0.717, 1.165) is 29.7 Å². The predicted molar refractivity (Wildman–Crippen MR) is 122 cm³/mol. The standard InChI is InChI=1S/C21H20ClN3O6S2/c1-2-30-20(27)17-13-8-4-6-10-15(13)32-19(17)23-16(26)11-33(28,29)21-25-24-18(31-21)12-7-3-5-9-14(12)22/h3,5,7,9H,2,4,6,8,10-11H2,1H3,(H,23,26). The van der Waals surface area contributed by atoms with Gasteiger partial charge in [-0.05, 0) is 50.3 Å². The molecule has 1 N–H and O–H groups in total. The molecule has 0 atom stereocenters. The van der Waals surface area contributed by atoms with Gasteiger partial charge >= 0.3 is 11.2 Å². The van der Waals surface area contributed by atoms with Crippen LogP contribution in [0.5, 0.6) is 0 Å². The molecule has 2 aromatic heterocycles. The molecular weight excluding hydrogens is 490 g/mol. The first-order valence-corrected chi connectivity index (χ1v) is 13.1. The zero-order valence-electron chi connectivity index (χ0n) is 17.6. The Morgan fingerprint density at radius 2 is 1.97 bits per heavy atom. The van der Waals surface area contributed by atoms with Crippen LogP contribution in [0.1, 0.15) is 40.6 Å². The maximum absolute atomic E-state index is 12.7. The summed E-state index contributed by atoms with van der Waals surface area (Å²) in [5.74, 6) is -2.36. The summed E-state index contributed by atoms with van der Waals surface area (Å²) in [5.41, 5.74) is 1.55. The van der Waals surface area contributed by atoms with E-state index in [1.165, 1.54) is 11.3 Å². The Kier molecular flexibility index (Phi) is 6.82. The highest BCUT2D eigenvalue weighted by molar-refractivity contribution is 7.91. The minimum absolute atomic E-state index is 0.0740. The minimum Gasteiger partial charge on any atom is -0.462 e. The van der Waals surface area contributed by atoms with Crippen molar-refractivity contribution in [3.05, 3.63) is 45.3 Å². The van der Waals surface area contributed by atoms with Gasteiger partial charge in [-0.1, -0.05) is 28.8 Å². The molecule has 4 rings (SSSR count). The number of ether oxygens (including phenoxy) is 1. The van der Waals surface area contributed by atoms with Crippen molar-refractivity contribution in [1.29, 1.82) is 0 Å². The summed E-state index contributed by atoms with van der Waals surface area (Å²) in [4.78, 5) is 26.2. The fourth-order valence-corrected chi connectivity index (χ4v) is 5.97. The van der Waals surface area contributed by atoms with Gasteiger partial charge < -0.3 is 14.5 Å². The number of anilines is 1. The third kappa shape index (κ3) is 4.94. The maximum Gasteiger partial charge on any atom is 0.341 e. The number of nitrogens with one attached hydrogen (secondary N) is 1. The van der Waals surface area contributed by atoms with E-state index in [-0.39, 0.29) is 12.5 Å². The first-order chi connectivity index (χ1) is 15.8. The van der Waals surface area contributed by atoms with Crippen LogP contribution in [0.4, 0.5) is 5.00 Å². The summed E-state index contributed by atoms with van der Waals surface area (Å²) < 4.78 is 35.8. The summed E-state index contributed by atoms with van der Waals surface area (Å²) >= 11 is 7.36. The van der Waals surface area contributed by atoms with E-state index in [1.807, 2.05) is 0 Å². The van der Waals surface area contributed by atoms with Crippen LogP contribution in [0, 0.1) is 0 Å². The van der Waals surface area contributed by atoms with Crippen molar-refractivity contribution in [2.75, 3.05) is 17.7 Å². The van der Waals surface area contributed by atoms with Crippen LogP contribution in [-0.2, 0) is 32.2 Å². The molecule has 1 aliphatic carbocycles. The van der Waals surface area contributed by atoms with Crippen LogP contribution in [-0.4, -0.2) is 42.9 Å². The lowest BCUT2D eigenvalue weighted by molar-refractivity contribution is -0.113. The van der Waals surface area contributed by atoms with Crippen LogP contribution in [0.25, 0.3) is 11.5 Å². The molecule has 0 bridgehead atoms. The molecule has 1 aromatic carbocycles. The van der Waals surface area contributed by atoms with Gasteiger partial charge in [-0.15, -0.1) is 16.4 Å². The molecule has 0 radical (unpaired) electrons. The largest absolute Gasteiger partial charge is 0.462 e. The molecule has 174 valence electrons. The Labute approximate surface area is 199 Å². The zero-order valence-corrected chi connectivity index (χ0v) is 20.0. The van der Waals surface area contributed by atoms with Gasteiger partial charge in [-0.3, -0.25) is 4.79 Å². The zero-order chi connectivity index (χ0) is 23.6. The monoisotopic (exact) mass is 509 g/mol. The number of nitrogens with zero attached hydrogens (tertiary/aromatic N) is 2. The van der Waals surface area contributed by atoms with Gasteiger partial charge in [0.15, 0.2) is 0 Å². The highest BCUT2D eigenvalue weighted by atomic mass is 35.5. The van der Waals surface area contributed by atoms with E-state index in [1.54, 1.807) is 31.2 Å². The molecule has 9 nitrogen and oxygen atoms in total. The number of sulfone groups is 1. The number of amides is 1. The molecule has 0 spiro atoms. The number of aromatic nitrogens is 2. The minimum atomic E-state index is -4.23. The van der Waals surface area contributed by atoms with Gasteiger partial charge in [0.25, 0.3) is 0 Å². The summed E-state index contributed by atoms with van der Waals surface area (Å²) in [6.07, 6.45) is 3.43. The highest BCUT2D eigenvalue weighted by Gasteiger charge is 2.30. The Morgan fingerprint density at radius 1 is 1.21 bits per heavy atom. The summed E-state index contributed by atoms with van der Waals surface area (Å²) in [6.45, 7) is 1.89. The van der Waals surface area contributed by atoms with Crippen LogP contribution < -0.4 is 5.32 Å². The maximum atomic E-state index is 12.7. The van der Waals surface area contributed by atoms with Gasteiger partial charge in [0.05, 0.1) is 22.8 Å². The number of fused-ring (bicyclic) bond motifs is 1. The summed E-state index contributed by atoms with van der Waals surface area (Å²) in [7, 11) is -4.23. The first kappa shape index (κ1) is 23.4. The third-order valence-electron chi connectivity index (χ3n) is 5.00. The summed E-state index contributed by atoms with van der Waals surface area (Å²) in [5, 5.41) is 9.80. The Balaban J connectivity index is 1.54. The molecule has 3 aromatic rings. The fraction of sp³-hybridized carbons (Fsp3) is 0.333. The summed E-state index contributed by atoms with van der Waals surface area (Å²) in [6, 6.07) is 6.60. The predicted octanol–water partition coefficient (Wildman–Crippen LogP) is 3.92. The highest BCUT2D eigenvalue weighted by Crippen LogP contribution is 2.38. The van der Waals surface area contributed by atoms with Crippen molar-refractivity contribution in [2.45, 2.75) is 37.8 Å². The molecule has 1 aliphatic rings. The molecule has 1 amide bonds. The van der Waals surface area contributed by atoms with E-state index in [9.17, 15) is 18.0 Å². The number of carbonyl (C=O) groups is 2. The molecular formula is C21H20ClN3O6S2. The van der Waals surface area contributed by atoms with Crippen LogP contribution in [0.3, 0.4) is 0 Å². The number of thiophene rings is 1. The van der Waals surface area contributed by atoms with Crippen LogP contribution in [0.15, 0.2) is 33.9 Å².